The van der Waals surface area contributed by atoms with E-state index in [-0.39, 0.29) is 37.9 Å². The molecule has 6 nitrogen and oxygen atoms in total. The van der Waals surface area contributed by atoms with Gasteiger partial charge in [-0.15, -0.1) is 0 Å². The van der Waals surface area contributed by atoms with Crippen molar-refractivity contribution in [2.45, 2.75) is 12.0 Å². The molecule has 1 aliphatic heterocycles. The first kappa shape index (κ1) is 18.8. The number of primary amides is 1. The number of morpholine rings is 1. The van der Waals surface area contributed by atoms with E-state index in [1.54, 1.807) is 29.2 Å². The van der Waals surface area contributed by atoms with Crippen molar-refractivity contribution in [1.82, 2.24) is 4.90 Å². The Hall–Kier alpha value is -2.93. The number of ether oxygens (including phenoxy) is 2. The second kappa shape index (κ2) is 8.18. The number of nitrogens with zero attached hydrogens (tertiary/aromatic N) is 1. The first-order valence-corrected chi connectivity index (χ1v) is 8.62. The number of carbonyl (C=O) groups is 2. The molecule has 0 aromatic heterocycles. The third kappa shape index (κ3) is 4.83. The van der Waals surface area contributed by atoms with Gasteiger partial charge in [-0.3, -0.25) is 9.59 Å². The van der Waals surface area contributed by atoms with Gasteiger partial charge in [-0.2, -0.15) is 0 Å². The third-order valence-corrected chi connectivity index (χ3v) is 4.37. The summed E-state index contributed by atoms with van der Waals surface area (Å²) in [5.41, 5.74) is 4.91. The van der Waals surface area contributed by atoms with Gasteiger partial charge in [-0.05, 0) is 36.4 Å². The van der Waals surface area contributed by atoms with E-state index in [0.29, 0.717) is 17.9 Å². The summed E-state index contributed by atoms with van der Waals surface area (Å²) in [6.45, 7) is 0.856. The van der Waals surface area contributed by atoms with Gasteiger partial charge >= 0.3 is 0 Å². The van der Waals surface area contributed by atoms with E-state index < -0.39 is 11.5 Å². The number of carbonyl (C=O) groups excluding carboxylic acids is 2. The summed E-state index contributed by atoms with van der Waals surface area (Å²) >= 11 is 0. The molecule has 3 rings (SSSR count). The third-order valence-electron chi connectivity index (χ3n) is 4.37. The van der Waals surface area contributed by atoms with Crippen LogP contribution in [-0.2, 0) is 9.53 Å². The summed E-state index contributed by atoms with van der Waals surface area (Å²) in [7, 11) is 0. The maximum absolute atomic E-state index is 13.0. The average molecular weight is 372 g/mol. The van der Waals surface area contributed by atoms with Crippen molar-refractivity contribution in [2.24, 2.45) is 5.73 Å². The molecular weight excluding hydrogens is 351 g/mol. The van der Waals surface area contributed by atoms with Crippen LogP contribution in [0.25, 0.3) is 0 Å². The van der Waals surface area contributed by atoms with E-state index >= 15 is 0 Å². The zero-order chi connectivity index (χ0) is 19.3. The standard InChI is InChI=1S/C20H21FN2O4/c21-16-6-8-17(9-7-16)26-14-20(12-18(22)24)13-23(10-11-27-20)19(25)15-4-2-1-3-5-15/h1-9H,10-14H2,(H2,22,24)/t20-/m1/s1. The first-order valence-electron chi connectivity index (χ1n) is 8.62. The molecule has 0 unspecified atom stereocenters. The van der Waals surface area contributed by atoms with Crippen LogP contribution in [0, 0.1) is 5.82 Å². The van der Waals surface area contributed by atoms with Crippen molar-refractivity contribution in [3.8, 4) is 5.75 Å². The molecule has 1 fully saturated rings. The molecule has 0 radical (unpaired) electrons. The van der Waals surface area contributed by atoms with Crippen molar-refractivity contribution in [1.29, 1.82) is 0 Å². The molecule has 1 aliphatic rings. The summed E-state index contributed by atoms with van der Waals surface area (Å²) in [5.74, 6) is -0.626. The Morgan fingerprint density at radius 2 is 1.85 bits per heavy atom. The Morgan fingerprint density at radius 1 is 1.15 bits per heavy atom. The quantitative estimate of drug-likeness (QED) is 0.841. The summed E-state index contributed by atoms with van der Waals surface area (Å²) in [4.78, 5) is 26.0. The molecule has 1 saturated heterocycles. The highest BCUT2D eigenvalue weighted by atomic mass is 19.1. The lowest BCUT2D eigenvalue weighted by molar-refractivity contribution is -0.142. The Labute approximate surface area is 156 Å². The number of nitrogens with two attached hydrogens (primary N) is 1. The van der Waals surface area contributed by atoms with E-state index in [1.807, 2.05) is 6.07 Å². The molecule has 2 aromatic rings. The van der Waals surface area contributed by atoms with Gasteiger partial charge in [0.2, 0.25) is 5.91 Å². The molecule has 0 bridgehead atoms. The zero-order valence-corrected chi connectivity index (χ0v) is 14.8. The van der Waals surface area contributed by atoms with Crippen LogP contribution in [0.4, 0.5) is 4.39 Å². The maximum Gasteiger partial charge on any atom is 0.254 e. The zero-order valence-electron chi connectivity index (χ0n) is 14.8. The highest BCUT2D eigenvalue weighted by molar-refractivity contribution is 5.94. The Balaban J connectivity index is 1.75. The molecule has 0 aliphatic carbocycles. The Bertz CT molecular complexity index is 797. The van der Waals surface area contributed by atoms with Crippen LogP contribution in [0.5, 0.6) is 5.75 Å². The monoisotopic (exact) mass is 372 g/mol. The van der Waals surface area contributed by atoms with Crippen molar-refractivity contribution in [3.63, 3.8) is 0 Å². The minimum absolute atomic E-state index is 0.0140. The van der Waals surface area contributed by atoms with E-state index in [1.165, 1.54) is 24.3 Å². The molecule has 1 atom stereocenters. The summed E-state index contributed by atoms with van der Waals surface area (Å²) in [5, 5.41) is 0. The van der Waals surface area contributed by atoms with Gasteiger partial charge in [0.1, 0.15) is 23.8 Å². The van der Waals surface area contributed by atoms with Crippen molar-refractivity contribution in [2.75, 3.05) is 26.3 Å². The van der Waals surface area contributed by atoms with Gasteiger partial charge in [0.15, 0.2) is 0 Å². The minimum Gasteiger partial charge on any atom is -0.490 e. The molecule has 1 heterocycles. The number of amides is 2. The molecule has 142 valence electrons. The highest BCUT2D eigenvalue weighted by Crippen LogP contribution is 2.25. The van der Waals surface area contributed by atoms with E-state index in [0.717, 1.165) is 0 Å². The second-order valence-corrected chi connectivity index (χ2v) is 6.51. The molecule has 0 spiro atoms. The predicted octanol–water partition coefficient (Wildman–Crippen LogP) is 1.99. The minimum atomic E-state index is -1.05. The normalized spacial score (nSPS) is 19.5. The van der Waals surface area contributed by atoms with E-state index in [9.17, 15) is 14.0 Å². The van der Waals surface area contributed by atoms with Crippen molar-refractivity contribution in [3.05, 3.63) is 66.0 Å². The first-order chi connectivity index (χ1) is 13.0. The fourth-order valence-corrected chi connectivity index (χ4v) is 3.09. The Kier molecular flexibility index (Phi) is 5.71. The van der Waals surface area contributed by atoms with Crippen LogP contribution >= 0.6 is 0 Å². The second-order valence-electron chi connectivity index (χ2n) is 6.51. The average Bonchev–Trinajstić information content (AvgIpc) is 2.67. The fourth-order valence-electron chi connectivity index (χ4n) is 3.09. The molecule has 7 heteroatoms. The van der Waals surface area contributed by atoms with Gasteiger partial charge in [0, 0.05) is 12.1 Å². The van der Waals surface area contributed by atoms with Gasteiger partial charge in [-0.1, -0.05) is 18.2 Å². The Morgan fingerprint density at radius 3 is 2.52 bits per heavy atom. The van der Waals surface area contributed by atoms with Crippen LogP contribution in [-0.4, -0.2) is 48.6 Å². The van der Waals surface area contributed by atoms with Gasteiger partial charge in [-0.25, -0.2) is 4.39 Å². The molecular formula is C20H21FN2O4. The van der Waals surface area contributed by atoms with Crippen LogP contribution in [0.1, 0.15) is 16.8 Å². The summed E-state index contributed by atoms with van der Waals surface area (Å²) in [6, 6.07) is 14.4. The number of hydrogen-bond donors (Lipinski definition) is 1. The fraction of sp³-hybridized carbons (Fsp3) is 0.300. The number of rotatable bonds is 6. The number of halogens is 1. The lowest BCUT2D eigenvalue weighted by atomic mass is 9.97. The maximum atomic E-state index is 13.0. The lowest BCUT2D eigenvalue weighted by Crippen LogP contribution is -2.58. The van der Waals surface area contributed by atoms with Gasteiger partial charge < -0.3 is 20.1 Å². The van der Waals surface area contributed by atoms with Crippen LogP contribution in [0.2, 0.25) is 0 Å². The summed E-state index contributed by atoms with van der Waals surface area (Å²) < 4.78 is 24.6. The topological polar surface area (TPSA) is 81.9 Å². The van der Waals surface area contributed by atoms with E-state index in [2.05, 4.69) is 0 Å². The summed E-state index contributed by atoms with van der Waals surface area (Å²) in [6.07, 6.45) is -0.0905. The molecule has 2 N–H and O–H groups in total. The van der Waals surface area contributed by atoms with E-state index in [4.69, 9.17) is 15.2 Å². The van der Waals surface area contributed by atoms with Crippen LogP contribution in [0.3, 0.4) is 0 Å². The number of benzene rings is 2. The SMILES string of the molecule is NC(=O)C[C@]1(COc2ccc(F)cc2)CN(C(=O)c2ccccc2)CCO1. The largest absolute Gasteiger partial charge is 0.490 e. The smallest absolute Gasteiger partial charge is 0.254 e. The molecule has 2 amide bonds. The molecule has 2 aromatic carbocycles. The molecule has 27 heavy (non-hydrogen) atoms. The molecule has 0 saturated carbocycles. The van der Waals surface area contributed by atoms with Crippen molar-refractivity contribution < 1.29 is 23.5 Å². The van der Waals surface area contributed by atoms with Gasteiger partial charge in [0.25, 0.3) is 5.91 Å². The van der Waals surface area contributed by atoms with Crippen LogP contribution < -0.4 is 10.5 Å². The highest BCUT2D eigenvalue weighted by Gasteiger charge is 2.41. The lowest BCUT2D eigenvalue weighted by Gasteiger charge is -2.42. The van der Waals surface area contributed by atoms with Crippen LogP contribution in [0.15, 0.2) is 54.6 Å². The number of hydrogen-bond acceptors (Lipinski definition) is 4. The van der Waals surface area contributed by atoms with Crippen molar-refractivity contribution >= 4 is 11.8 Å². The predicted molar refractivity (Wildman–Crippen MR) is 96.7 cm³/mol. The van der Waals surface area contributed by atoms with Gasteiger partial charge in [0.05, 0.1) is 19.6 Å².